The van der Waals surface area contributed by atoms with Crippen molar-refractivity contribution in [1.82, 2.24) is 0 Å². The molecule has 2 heteroatoms. The highest BCUT2D eigenvalue weighted by Gasteiger charge is 1.77. The second-order valence-electron chi connectivity index (χ2n) is 1.63. The first kappa shape index (κ1) is 10.6. The van der Waals surface area contributed by atoms with Crippen molar-refractivity contribution in [3.8, 4) is 0 Å². The maximum absolute atomic E-state index is 2.19. The van der Waals surface area contributed by atoms with Crippen LogP contribution >= 0.6 is 11.8 Å². The molecular weight excluding hydrogens is 124 g/mol. The summed E-state index contributed by atoms with van der Waals surface area (Å²) in [6.45, 7) is 0. The van der Waals surface area contributed by atoms with Gasteiger partial charge in [0.15, 0.2) is 0 Å². The molecule has 0 spiro atoms. The normalized spacial score (nSPS) is 7.71. The SMILES string of the molecule is CSC.C[S+](C)C. The highest BCUT2D eigenvalue weighted by Crippen LogP contribution is 1.70. The van der Waals surface area contributed by atoms with Crippen LogP contribution in [-0.4, -0.2) is 31.3 Å². The summed E-state index contributed by atoms with van der Waals surface area (Å²) in [5.41, 5.74) is 0. The van der Waals surface area contributed by atoms with Gasteiger partial charge in [-0.05, 0) is 23.4 Å². The summed E-state index contributed by atoms with van der Waals surface area (Å²) < 4.78 is 0. The van der Waals surface area contributed by atoms with E-state index in [4.69, 9.17) is 0 Å². The molecule has 0 unspecified atom stereocenters. The van der Waals surface area contributed by atoms with E-state index in [1.807, 2.05) is 12.5 Å². The number of hydrogen-bond donors (Lipinski definition) is 0. The fourth-order valence-electron chi connectivity index (χ4n) is 0. The molecule has 0 aromatic carbocycles. The molecule has 0 aliphatic rings. The molecule has 0 radical (unpaired) electrons. The van der Waals surface area contributed by atoms with Crippen LogP contribution in [-0.2, 0) is 10.9 Å². The molecular formula is C5H15S2+. The van der Waals surface area contributed by atoms with Gasteiger partial charge in [-0.2, -0.15) is 11.8 Å². The first-order chi connectivity index (χ1) is 3.15. The fraction of sp³-hybridized carbons (Fsp3) is 1.00. The van der Waals surface area contributed by atoms with Crippen molar-refractivity contribution in [2.75, 3.05) is 31.3 Å². The Kier molecular flexibility index (Phi) is 15.0. The predicted octanol–water partition coefficient (Wildman–Crippen LogP) is 1.47. The van der Waals surface area contributed by atoms with Gasteiger partial charge in [0.1, 0.15) is 0 Å². The molecule has 0 N–H and O–H groups in total. The van der Waals surface area contributed by atoms with E-state index in [0.717, 1.165) is 0 Å². The van der Waals surface area contributed by atoms with Gasteiger partial charge in [-0.1, -0.05) is 0 Å². The van der Waals surface area contributed by atoms with Crippen LogP contribution in [0.3, 0.4) is 0 Å². The Bertz CT molecular complexity index is 17.3. The molecule has 0 rings (SSSR count). The van der Waals surface area contributed by atoms with Crippen molar-refractivity contribution in [3.63, 3.8) is 0 Å². The van der Waals surface area contributed by atoms with Crippen molar-refractivity contribution >= 4 is 22.7 Å². The minimum Gasteiger partial charge on any atom is -0.169 e. The lowest BCUT2D eigenvalue weighted by molar-refractivity contribution is 2.18. The van der Waals surface area contributed by atoms with Gasteiger partial charge in [-0.3, -0.25) is 0 Å². The van der Waals surface area contributed by atoms with E-state index in [-0.39, 0.29) is 0 Å². The third kappa shape index (κ3) is 302. The van der Waals surface area contributed by atoms with Crippen LogP contribution in [0.5, 0.6) is 0 Å². The van der Waals surface area contributed by atoms with E-state index in [0.29, 0.717) is 10.9 Å². The van der Waals surface area contributed by atoms with E-state index in [1.54, 1.807) is 11.8 Å². The Morgan fingerprint density at radius 3 is 1.00 bits per heavy atom. The molecule has 0 atom stereocenters. The molecule has 0 fully saturated rings. The summed E-state index contributed by atoms with van der Waals surface area (Å²) in [6, 6.07) is 0. The molecule has 0 aromatic rings. The molecule has 0 aromatic heterocycles. The molecule has 0 saturated heterocycles. The van der Waals surface area contributed by atoms with Crippen LogP contribution < -0.4 is 0 Å². The summed E-state index contributed by atoms with van der Waals surface area (Å²) in [5, 5.41) is 0. The molecule has 46 valence electrons. The van der Waals surface area contributed by atoms with Crippen LogP contribution in [0.4, 0.5) is 0 Å². The quantitative estimate of drug-likeness (QED) is 0.458. The van der Waals surface area contributed by atoms with Crippen molar-refractivity contribution in [2.24, 2.45) is 0 Å². The molecule has 0 heterocycles. The van der Waals surface area contributed by atoms with Crippen molar-refractivity contribution in [1.29, 1.82) is 0 Å². The van der Waals surface area contributed by atoms with E-state index in [9.17, 15) is 0 Å². The molecule has 0 aliphatic heterocycles. The fourth-order valence-corrected chi connectivity index (χ4v) is 0. The maximum Gasteiger partial charge on any atom is 0.0969 e. The third-order valence-electron chi connectivity index (χ3n) is 0. The average molecular weight is 139 g/mol. The molecule has 7 heavy (non-hydrogen) atoms. The zero-order chi connectivity index (χ0) is 6.28. The van der Waals surface area contributed by atoms with Gasteiger partial charge in [-0.15, -0.1) is 0 Å². The summed E-state index contributed by atoms with van der Waals surface area (Å²) in [7, 11) is 0.639. The Morgan fingerprint density at radius 1 is 1.00 bits per heavy atom. The molecule has 0 nitrogen and oxygen atoms in total. The molecule has 0 aliphatic carbocycles. The second-order valence-corrected chi connectivity index (χ2v) is 4.90. The first-order valence-corrected chi connectivity index (χ1v) is 6.12. The number of hydrogen-bond acceptors (Lipinski definition) is 1. The highest BCUT2D eigenvalue weighted by atomic mass is 32.2. The topological polar surface area (TPSA) is 0 Å². The monoisotopic (exact) mass is 139 g/mol. The van der Waals surface area contributed by atoms with Gasteiger partial charge >= 0.3 is 0 Å². The second kappa shape index (κ2) is 9.85. The summed E-state index contributed by atoms with van der Waals surface area (Å²) >= 11 is 1.75. The zero-order valence-electron chi connectivity index (χ0n) is 5.82. The van der Waals surface area contributed by atoms with Crippen LogP contribution in [0, 0.1) is 0 Å². The van der Waals surface area contributed by atoms with Gasteiger partial charge in [-0.25, -0.2) is 0 Å². The smallest absolute Gasteiger partial charge is 0.0969 e. The van der Waals surface area contributed by atoms with E-state index < -0.39 is 0 Å². The Labute approximate surface area is 54.4 Å². The first-order valence-electron chi connectivity index (χ1n) is 2.04. The Hall–Kier alpha value is 0.700. The standard InChI is InChI=1S/C3H9S.C2H6S/c1-4(2)3;1-3-2/h1-3H3;1-2H3/q+1;. The Balaban J connectivity index is 0. The van der Waals surface area contributed by atoms with Gasteiger partial charge in [0.05, 0.1) is 18.8 Å². The van der Waals surface area contributed by atoms with Crippen molar-refractivity contribution in [2.45, 2.75) is 0 Å². The van der Waals surface area contributed by atoms with E-state index in [1.165, 1.54) is 0 Å². The molecule has 0 amide bonds. The van der Waals surface area contributed by atoms with E-state index >= 15 is 0 Å². The van der Waals surface area contributed by atoms with E-state index in [2.05, 4.69) is 18.8 Å². The van der Waals surface area contributed by atoms with Gasteiger partial charge in [0.25, 0.3) is 0 Å². The molecule has 0 bridgehead atoms. The summed E-state index contributed by atoms with van der Waals surface area (Å²) in [4.78, 5) is 0. The minimum absolute atomic E-state index is 0.639. The van der Waals surface area contributed by atoms with Gasteiger partial charge < -0.3 is 0 Å². The third-order valence-corrected chi connectivity index (χ3v) is 0. The largest absolute Gasteiger partial charge is 0.169 e. The minimum atomic E-state index is 0.639. The molecule has 0 saturated carbocycles. The Morgan fingerprint density at radius 2 is 1.00 bits per heavy atom. The average Bonchev–Trinajstić information content (AvgIpc) is 1.33. The highest BCUT2D eigenvalue weighted by molar-refractivity contribution is 7.97. The van der Waals surface area contributed by atoms with Crippen LogP contribution in [0.15, 0.2) is 0 Å². The number of rotatable bonds is 0. The van der Waals surface area contributed by atoms with Gasteiger partial charge in [0, 0.05) is 0 Å². The predicted molar refractivity (Wildman–Crippen MR) is 44.6 cm³/mol. The lowest BCUT2D eigenvalue weighted by Gasteiger charge is -1.69. The van der Waals surface area contributed by atoms with Crippen molar-refractivity contribution < 1.29 is 0 Å². The summed E-state index contributed by atoms with van der Waals surface area (Å²) in [5.74, 6) is 0. The maximum atomic E-state index is 2.19. The van der Waals surface area contributed by atoms with Crippen LogP contribution in [0.2, 0.25) is 0 Å². The number of thioether (sulfide) groups is 1. The van der Waals surface area contributed by atoms with Gasteiger partial charge in [0.2, 0.25) is 0 Å². The van der Waals surface area contributed by atoms with Crippen LogP contribution in [0.25, 0.3) is 0 Å². The zero-order valence-corrected chi connectivity index (χ0v) is 7.45. The lowest BCUT2D eigenvalue weighted by atomic mass is 11.9. The lowest BCUT2D eigenvalue weighted by Crippen LogP contribution is -1.84. The van der Waals surface area contributed by atoms with Crippen LogP contribution in [0.1, 0.15) is 0 Å². The van der Waals surface area contributed by atoms with Crippen molar-refractivity contribution in [3.05, 3.63) is 0 Å². The summed E-state index contributed by atoms with van der Waals surface area (Å²) in [6.07, 6.45) is 10.7.